The number of benzene rings is 1. The summed E-state index contributed by atoms with van der Waals surface area (Å²) in [6.07, 6.45) is 11.4. The van der Waals surface area contributed by atoms with Gasteiger partial charge in [0.2, 0.25) is 0 Å². The van der Waals surface area contributed by atoms with Crippen LogP contribution in [0.2, 0.25) is 0 Å². The van der Waals surface area contributed by atoms with Crippen LogP contribution in [0.5, 0.6) is 5.75 Å². The molecule has 5 aromatic rings. The molecule has 0 saturated heterocycles. The Bertz CT molecular complexity index is 1330. The molecule has 1 aromatic carbocycles. The molecule has 0 spiro atoms. The monoisotopic (exact) mass is 413 g/mol. The van der Waals surface area contributed by atoms with Crippen LogP contribution in [0.25, 0.3) is 28.0 Å². The maximum absolute atomic E-state index is 5.23. The van der Waals surface area contributed by atoms with E-state index in [1.165, 1.54) is 0 Å². The summed E-state index contributed by atoms with van der Waals surface area (Å²) in [6, 6.07) is 10.2. The number of nitrogens with zero attached hydrogens (tertiary/aromatic N) is 7. The molecule has 0 aliphatic heterocycles. The molecule has 0 atom stereocenters. The molecule has 8 heteroatoms. The molecule has 0 aliphatic carbocycles. The summed E-state index contributed by atoms with van der Waals surface area (Å²) in [4.78, 5) is 4.95. The summed E-state index contributed by atoms with van der Waals surface area (Å²) in [5, 5.41) is 13.4. The topological polar surface area (TPSA) is 75.1 Å². The van der Waals surface area contributed by atoms with E-state index >= 15 is 0 Å². The molecule has 0 radical (unpaired) electrons. The normalized spacial score (nSPS) is 11.5. The average Bonchev–Trinajstić information content (AvgIpc) is 3.53. The van der Waals surface area contributed by atoms with Crippen molar-refractivity contribution in [3.8, 4) is 28.3 Å². The van der Waals surface area contributed by atoms with Crippen LogP contribution in [0.3, 0.4) is 0 Å². The first-order chi connectivity index (χ1) is 15.1. The Kier molecular flexibility index (Phi) is 4.74. The SMILES string of the molecule is COc1ccc(Cn2cc(-c3cn4nccc4c(-c4cnn(C(C)C)c4)n3)cn2)cc1. The van der Waals surface area contributed by atoms with Gasteiger partial charge in [0.25, 0.3) is 0 Å². The van der Waals surface area contributed by atoms with E-state index in [0.29, 0.717) is 6.54 Å². The molecular formula is C23H23N7O. The molecule has 0 unspecified atom stereocenters. The van der Waals surface area contributed by atoms with Crippen LogP contribution in [0, 0.1) is 0 Å². The first-order valence-corrected chi connectivity index (χ1v) is 10.2. The second kappa shape index (κ2) is 7.71. The number of fused-ring (bicyclic) bond motifs is 1. The van der Waals surface area contributed by atoms with Crippen LogP contribution < -0.4 is 4.74 Å². The third kappa shape index (κ3) is 3.68. The third-order valence-corrected chi connectivity index (χ3v) is 5.23. The lowest BCUT2D eigenvalue weighted by atomic mass is 10.2. The van der Waals surface area contributed by atoms with Gasteiger partial charge < -0.3 is 4.74 Å². The van der Waals surface area contributed by atoms with Crippen LogP contribution in [-0.4, -0.2) is 41.3 Å². The molecule has 31 heavy (non-hydrogen) atoms. The summed E-state index contributed by atoms with van der Waals surface area (Å²) in [5.41, 5.74) is 5.65. The van der Waals surface area contributed by atoms with Crippen molar-refractivity contribution >= 4 is 5.52 Å². The van der Waals surface area contributed by atoms with Crippen molar-refractivity contribution in [3.63, 3.8) is 0 Å². The zero-order valence-corrected chi connectivity index (χ0v) is 17.7. The van der Waals surface area contributed by atoms with E-state index in [1.807, 2.05) is 75.2 Å². The number of hydrogen-bond acceptors (Lipinski definition) is 5. The average molecular weight is 413 g/mol. The Balaban J connectivity index is 1.49. The molecule has 4 aromatic heterocycles. The Labute approximate surface area is 179 Å². The largest absolute Gasteiger partial charge is 0.497 e. The van der Waals surface area contributed by atoms with E-state index in [9.17, 15) is 0 Å². The van der Waals surface area contributed by atoms with Gasteiger partial charge >= 0.3 is 0 Å². The van der Waals surface area contributed by atoms with Crippen molar-refractivity contribution < 1.29 is 4.74 Å². The van der Waals surface area contributed by atoms with Crippen molar-refractivity contribution in [2.75, 3.05) is 7.11 Å². The fraction of sp³-hybridized carbons (Fsp3) is 0.217. The fourth-order valence-corrected chi connectivity index (χ4v) is 3.52. The maximum atomic E-state index is 5.23. The highest BCUT2D eigenvalue weighted by molar-refractivity contribution is 5.78. The molecule has 0 fully saturated rings. The first-order valence-electron chi connectivity index (χ1n) is 10.2. The van der Waals surface area contributed by atoms with E-state index in [-0.39, 0.29) is 6.04 Å². The number of hydrogen-bond donors (Lipinski definition) is 0. The second-order valence-corrected chi connectivity index (χ2v) is 7.71. The molecule has 156 valence electrons. The maximum Gasteiger partial charge on any atom is 0.118 e. The van der Waals surface area contributed by atoms with Crippen LogP contribution >= 0.6 is 0 Å². The zero-order valence-electron chi connectivity index (χ0n) is 17.7. The van der Waals surface area contributed by atoms with Crippen molar-refractivity contribution in [2.45, 2.75) is 26.4 Å². The smallest absolute Gasteiger partial charge is 0.118 e. The zero-order chi connectivity index (χ0) is 21.4. The van der Waals surface area contributed by atoms with E-state index in [1.54, 1.807) is 13.3 Å². The standard InChI is InChI=1S/C23H23N7O/c1-16(2)29-14-19(11-26-29)23-22-8-9-24-30(22)15-21(27-23)18-10-25-28(13-18)12-17-4-6-20(31-3)7-5-17/h4-11,13-16H,12H2,1-3H3. The Morgan fingerprint density at radius 3 is 2.45 bits per heavy atom. The Morgan fingerprint density at radius 1 is 0.903 bits per heavy atom. The van der Waals surface area contributed by atoms with Gasteiger partial charge in [-0.25, -0.2) is 9.50 Å². The van der Waals surface area contributed by atoms with Gasteiger partial charge in [-0.1, -0.05) is 12.1 Å². The van der Waals surface area contributed by atoms with E-state index in [0.717, 1.165) is 39.3 Å². The molecule has 0 bridgehead atoms. The lowest BCUT2D eigenvalue weighted by Crippen LogP contribution is -2.00. The lowest BCUT2D eigenvalue weighted by molar-refractivity contribution is 0.414. The van der Waals surface area contributed by atoms with Crippen molar-refractivity contribution in [1.29, 1.82) is 0 Å². The summed E-state index contributed by atoms with van der Waals surface area (Å²) in [7, 11) is 1.67. The van der Waals surface area contributed by atoms with Crippen molar-refractivity contribution in [1.82, 2.24) is 34.2 Å². The van der Waals surface area contributed by atoms with Gasteiger partial charge in [-0.2, -0.15) is 15.3 Å². The molecule has 0 saturated carbocycles. The molecular weight excluding hydrogens is 390 g/mol. The highest BCUT2D eigenvalue weighted by Gasteiger charge is 2.14. The van der Waals surface area contributed by atoms with Crippen LogP contribution in [-0.2, 0) is 6.54 Å². The first kappa shape index (κ1) is 19.0. The molecule has 0 aliphatic rings. The summed E-state index contributed by atoms with van der Waals surface area (Å²) < 4.78 is 10.9. The number of ether oxygens (including phenoxy) is 1. The van der Waals surface area contributed by atoms with E-state index < -0.39 is 0 Å². The van der Waals surface area contributed by atoms with Crippen LogP contribution in [0.1, 0.15) is 25.5 Å². The van der Waals surface area contributed by atoms with Gasteiger partial charge in [-0.3, -0.25) is 9.36 Å². The molecule has 8 nitrogen and oxygen atoms in total. The minimum absolute atomic E-state index is 0.286. The quantitative estimate of drug-likeness (QED) is 0.419. The number of rotatable bonds is 6. The van der Waals surface area contributed by atoms with E-state index in [2.05, 4.69) is 29.1 Å². The minimum atomic E-state index is 0.286. The minimum Gasteiger partial charge on any atom is -0.497 e. The second-order valence-electron chi connectivity index (χ2n) is 7.71. The fourth-order valence-electron chi connectivity index (χ4n) is 3.52. The highest BCUT2D eigenvalue weighted by atomic mass is 16.5. The lowest BCUT2D eigenvalue weighted by Gasteiger charge is -2.06. The summed E-state index contributed by atoms with van der Waals surface area (Å²) >= 11 is 0. The Morgan fingerprint density at radius 2 is 1.71 bits per heavy atom. The van der Waals surface area contributed by atoms with Crippen molar-refractivity contribution in [2.24, 2.45) is 0 Å². The van der Waals surface area contributed by atoms with Gasteiger partial charge in [-0.15, -0.1) is 0 Å². The van der Waals surface area contributed by atoms with E-state index in [4.69, 9.17) is 9.72 Å². The summed E-state index contributed by atoms with van der Waals surface area (Å²) in [6.45, 7) is 4.88. The predicted molar refractivity (Wildman–Crippen MR) is 118 cm³/mol. The number of aromatic nitrogens is 7. The summed E-state index contributed by atoms with van der Waals surface area (Å²) in [5.74, 6) is 0.843. The van der Waals surface area contributed by atoms with Gasteiger partial charge in [0, 0.05) is 29.6 Å². The molecule has 5 rings (SSSR count). The molecule has 0 N–H and O–H groups in total. The Hall–Kier alpha value is -3.94. The van der Waals surface area contributed by atoms with Gasteiger partial charge in [0.15, 0.2) is 0 Å². The molecule has 4 heterocycles. The van der Waals surface area contributed by atoms with Crippen LogP contribution in [0.15, 0.2) is 67.5 Å². The number of methoxy groups -OCH3 is 1. The molecule has 0 amide bonds. The van der Waals surface area contributed by atoms with Gasteiger partial charge in [0.05, 0.1) is 55.3 Å². The third-order valence-electron chi connectivity index (χ3n) is 5.23. The van der Waals surface area contributed by atoms with Gasteiger partial charge in [0.1, 0.15) is 5.75 Å². The van der Waals surface area contributed by atoms with Gasteiger partial charge in [-0.05, 0) is 37.6 Å². The van der Waals surface area contributed by atoms with Crippen molar-refractivity contribution in [3.05, 3.63) is 73.1 Å². The van der Waals surface area contributed by atoms with Crippen LogP contribution in [0.4, 0.5) is 0 Å². The highest BCUT2D eigenvalue weighted by Crippen LogP contribution is 2.27. The predicted octanol–water partition coefficient (Wildman–Crippen LogP) is 4.09.